The minimum atomic E-state index is 0.465. The monoisotopic (exact) mass is 704 g/mol. The van der Waals surface area contributed by atoms with Crippen LogP contribution in [0.5, 0.6) is 5.75 Å². The van der Waals surface area contributed by atoms with Gasteiger partial charge in [-0.25, -0.2) is 4.98 Å². The Morgan fingerprint density at radius 2 is 1.76 bits per heavy atom. The summed E-state index contributed by atoms with van der Waals surface area (Å²) in [6.07, 6.45) is 9.58. The third kappa shape index (κ3) is 6.99. The van der Waals surface area contributed by atoms with Gasteiger partial charge in [-0.05, 0) is 54.0 Å². The average Bonchev–Trinajstić information content (AvgIpc) is 3.09. The number of nitrogens with one attached hydrogen (secondary N) is 2. The topological polar surface area (TPSA) is 97.8 Å². The van der Waals surface area contributed by atoms with Crippen LogP contribution in [0.15, 0.2) is 47.3 Å². The molecule has 46 heavy (non-hydrogen) atoms. The van der Waals surface area contributed by atoms with E-state index in [9.17, 15) is 0 Å². The van der Waals surface area contributed by atoms with Crippen molar-refractivity contribution in [2.24, 2.45) is 0 Å². The summed E-state index contributed by atoms with van der Waals surface area (Å²) in [4.78, 5) is 26.2. The van der Waals surface area contributed by atoms with Gasteiger partial charge in [-0.1, -0.05) is 24.2 Å². The summed E-state index contributed by atoms with van der Waals surface area (Å²) in [7, 11) is 6.87. The lowest BCUT2D eigenvalue weighted by Crippen LogP contribution is -2.52. The maximum absolute atomic E-state index is 5.92. The van der Waals surface area contributed by atoms with E-state index in [1.54, 1.807) is 37.6 Å². The van der Waals surface area contributed by atoms with E-state index >= 15 is 0 Å². The van der Waals surface area contributed by atoms with Gasteiger partial charge in [-0.3, -0.25) is 14.9 Å². The average molecular weight is 706 g/mol. The molecule has 0 bridgehead atoms. The fourth-order valence-electron chi connectivity index (χ4n) is 6.41. The highest BCUT2D eigenvalue weighted by Gasteiger charge is 2.28. The zero-order valence-electron chi connectivity index (χ0n) is 27.3. The minimum Gasteiger partial charge on any atom is -0.494 e. The summed E-state index contributed by atoms with van der Waals surface area (Å²) in [5.41, 5.74) is 6.80. The number of methoxy groups -OCH3 is 1. The van der Waals surface area contributed by atoms with Crippen LogP contribution in [-0.2, 0) is 0 Å². The van der Waals surface area contributed by atoms with E-state index < -0.39 is 0 Å². The third-order valence-electron chi connectivity index (χ3n) is 9.09. The molecule has 11 nitrogen and oxygen atoms in total. The summed E-state index contributed by atoms with van der Waals surface area (Å²) < 4.78 is 8.73. The molecular weight excluding hydrogens is 663 g/mol. The Labute approximate surface area is 285 Å². The molecule has 14 heteroatoms. The van der Waals surface area contributed by atoms with E-state index in [0.717, 1.165) is 58.7 Å². The van der Waals surface area contributed by atoms with Crippen molar-refractivity contribution in [3.63, 3.8) is 0 Å². The number of piperazine rings is 1. The van der Waals surface area contributed by atoms with E-state index in [1.165, 1.54) is 50.2 Å². The molecule has 2 aromatic carbocycles. The number of hydrogen-bond donors (Lipinski definition) is 2. The van der Waals surface area contributed by atoms with Crippen LogP contribution in [0.3, 0.4) is 0 Å². The van der Waals surface area contributed by atoms with Crippen molar-refractivity contribution in [2.45, 2.75) is 25.7 Å². The largest absolute Gasteiger partial charge is 0.494 e. The second-order valence-corrected chi connectivity index (χ2v) is 13.6. The van der Waals surface area contributed by atoms with Crippen LogP contribution in [0.4, 0.5) is 34.5 Å². The van der Waals surface area contributed by atoms with Gasteiger partial charge in [-0.15, -0.1) is 0 Å². The molecule has 2 aliphatic heterocycles. The van der Waals surface area contributed by atoms with Gasteiger partial charge in [0.05, 0.1) is 34.2 Å². The fourth-order valence-corrected chi connectivity index (χ4v) is 7.07. The van der Waals surface area contributed by atoms with Crippen LogP contribution in [0, 0.1) is 0 Å². The van der Waals surface area contributed by atoms with Gasteiger partial charge < -0.3 is 29.5 Å². The van der Waals surface area contributed by atoms with Gasteiger partial charge in [-0.2, -0.15) is 4.98 Å². The predicted octanol–water partition coefficient (Wildman–Crippen LogP) is 4.72. The summed E-state index contributed by atoms with van der Waals surface area (Å²) in [6, 6.07) is 9.01. The third-order valence-corrected chi connectivity index (χ3v) is 10.4. The van der Waals surface area contributed by atoms with E-state index in [4.69, 9.17) is 9.72 Å². The van der Waals surface area contributed by atoms with Crippen LogP contribution in [-0.4, -0.2) is 110 Å². The lowest BCUT2D eigenvalue weighted by atomic mass is 9.71. The Morgan fingerprint density at radius 3 is 2.48 bits per heavy atom. The molecular formula is C32H42BBrN10OS. The number of fused-ring (bicyclic) bond motifs is 1. The Kier molecular flexibility index (Phi) is 10.4. The molecule has 0 amide bonds. The van der Waals surface area contributed by atoms with Gasteiger partial charge in [0.1, 0.15) is 17.1 Å². The Hall–Kier alpha value is -3.33. The first-order valence-corrected chi connectivity index (χ1v) is 17.8. The van der Waals surface area contributed by atoms with Gasteiger partial charge in [0.15, 0.2) is 7.28 Å². The van der Waals surface area contributed by atoms with E-state index in [0.29, 0.717) is 17.8 Å². The highest BCUT2D eigenvalue weighted by atomic mass is 79.9. The molecule has 0 unspecified atom stereocenters. The molecule has 0 saturated carbocycles. The van der Waals surface area contributed by atoms with Crippen LogP contribution in [0.2, 0.25) is 6.82 Å². The second kappa shape index (κ2) is 14.6. The van der Waals surface area contributed by atoms with E-state index in [2.05, 4.69) is 86.5 Å². The molecule has 2 aliphatic rings. The molecule has 2 aromatic heterocycles. The minimum absolute atomic E-state index is 0.465. The van der Waals surface area contributed by atoms with Crippen LogP contribution in [0.25, 0.3) is 11.0 Å². The van der Waals surface area contributed by atoms with E-state index in [-0.39, 0.29) is 0 Å². The molecule has 242 valence electrons. The Bertz CT molecular complexity index is 1670. The number of likely N-dealkylation sites (N-methyl/N-ethyl adjacent to an activating group) is 1. The van der Waals surface area contributed by atoms with Crippen LogP contribution >= 0.6 is 27.9 Å². The second-order valence-electron chi connectivity index (χ2n) is 11.8. The summed E-state index contributed by atoms with van der Waals surface area (Å²) in [5, 5.41) is 6.94. The Morgan fingerprint density at radius 1 is 1.00 bits per heavy atom. The van der Waals surface area contributed by atoms with Crippen LogP contribution in [0.1, 0.15) is 12.8 Å². The van der Waals surface area contributed by atoms with Crippen molar-refractivity contribution in [1.82, 2.24) is 29.7 Å². The molecule has 0 radical (unpaired) electrons. The lowest BCUT2D eigenvalue weighted by Gasteiger charge is -2.43. The predicted molar refractivity (Wildman–Crippen MR) is 198 cm³/mol. The smallest absolute Gasteiger partial charge is 0.229 e. The first kappa shape index (κ1) is 32.6. The maximum Gasteiger partial charge on any atom is 0.229 e. The van der Waals surface area contributed by atoms with Crippen molar-refractivity contribution < 1.29 is 4.74 Å². The molecule has 4 heterocycles. The van der Waals surface area contributed by atoms with Gasteiger partial charge >= 0.3 is 0 Å². The number of anilines is 6. The molecule has 6 rings (SSSR count). The van der Waals surface area contributed by atoms with E-state index in [1.807, 2.05) is 25.4 Å². The molecule has 0 aliphatic carbocycles. The standard InChI is InChI=1S/C32H42BBrN10OS/c1-33-22-18-26(28(45-4)19-27(22)44-12-8-21(9-13-44)43-16-14-41(2)15-17-43)39-32-37-20-23(34)31(40-32)38-25-7-6-24-29(36-11-10-35-24)30(25)42(3)46-5/h6-7,10-11,18-21,33H,8-9,12-17H2,1-5H3,(H2,37,38,39,40). The molecule has 0 spiro atoms. The molecule has 2 fully saturated rings. The number of rotatable bonds is 10. The number of ether oxygens (including phenoxy) is 1. The maximum atomic E-state index is 5.92. The lowest BCUT2D eigenvalue weighted by molar-refractivity contribution is 0.0982. The number of piperidine rings is 1. The fraction of sp³-hybridized carbons (Fsp3) is 0.438. The van der Waals surface area contributed by atoms with Crippen molar-refractivity contribution in [3.05, 3.63) is 47.3 Å². The molecule has 2 saturated heterocycles. The van der Waals surface area contributed by atoms with Crippen molar-refractivity contribution >= 4 is 86.2 Å². The summed E-state index contributed by atoms with van der Waals surface area (Å²) in [5.74, 6) is 1.87. The summed E-state index contributed by atoms with van der Waals surface area (Å²) >= 11 is 5.24. The molecule has 4 aromatic rings. The Balaban J connectivity index is 1.22. The van der Waals surface area contributed by atoms with Gasteiger partial charge in [0.25, 0.3) is 0 Å². The van der Waals surface area contributed by atoms with Crippen LogP contribution < -0.4 is 30.0 Å². The van der Waals surface area contributed by atoms with Gasteiger partial charge in [0.2, 0.25) is 5.95 Å². The summed E-state index contributed by atoms with van der Waals surface area (Å²) in [6.45, 7) is 9.01. The quantitative estimate of drug-likeness (QED) is 0.177. The van der Waals surface area contributed by atoms with Crippen molar-refractivity contribution in [2.75, 3.05) is 86.6 Å². The normalized spacial score (nSPS) is 16.4. The first-order chi connectivity index (χ1) is 22.4. The highest BCUT2D eigenvalue weighted by molar-refractivity contribution is 9.10. The number of benzene rings is 2. The first-order valence-electron chi connectivity index (χ1n) is 15.8. The number of hydrogen-bond acceptors (Lipinski definition) is 12. The number of aromatic nitrogens is 4. The van der Waals surface area contributed by atoms with Gasteiger partial charge in [0, 0.05) is 89.0 Å². The highest BCUT2D eigenvalue weighted by Crippen LogP contribution is 2.38. The molecule has 2 N–H and O–H groups in total. The zero-order valence-corrected chi connectivity index (χ0v) is 29.7. The van der Waals surface area contributed by atoms with Crippen molar-refractivity contribution in [3.8, 4) is 5.75 Å². The zero-order chi connectivity index (χ0) is 32.2. The molecule has 0 atom stereocenters. The SMILES string of the molecule is CBc1cc(Nc2ncc(Br)c(Nc3ccc4nccnc4c3N(C)SC)n2)c(OC)cc1N1CCC(N2CCN(C)CC2)CC1. The number of halogens is 1. The number of nitrogens with zero attached hydrogens (tertiary/aromatic N) is 8. The van der Waals surface area contributed by atoms with Crippen molar-refractivity contribution in [1.29, 1.82) is 0 Å².